The van der Waals surface area contributed by atoms with Crippen molar-refractivity contribution >= 4 is 41.3 Å². The van der Waals surface area contributed by atoms with E-state index in [1.165, 1.54) is 22.3 Å². The van der Waals surface area contributed by atoms with Gasteiger partial charge >= 0.3 is 128 Å². The summed E-state index contributed by atoms with van der Waals surface area (Å²) in [5, 5.41) is 0. The Morgan fingerprint density at radius 2 is 0.833 bits per heavy atom. The van der Waals surface area contributed by atoms with Crippen molar-refractivity contribution in [2.45, 2.75) is 27.7 Å². The molecule has 0 atom stereocenters. The fourth-order valence-corrected chi connectivity index (χ4v) is 18.0. The van der Waals surface area contributed by atoms with Crippen LogP contribution in [0.15, 0.2) is 36.4 Å². The molecule has 0 aliphatic heterocycles. The zero-order valence-electron chi connectivity index (χ0n) is 11.3. The normalized spacial score (nSPS) is 10.7. The fraction of sp³-hybridized carbons (Fsp3) is 0.250. The van der Waals surface area contributed by atoms with Gasteiger partial charge in [0.1, 0.15) is 0 Å². The molecule has 0 nitrogen and oxygen atoms in total. The van der Waals surface area contributed by atoms with Gasteiger partial charge in [-0.2, -0.15) is 0 Å². The maximum absolute atomic E-state index is 2.27. The van der Waals surface area contributed by atoms with E-state index in [2.05, 4.69) is 64.1 Å². The summed E-state index contributed by atoms with van der Waals surface area (Å²) < 4.78 is 3.40. The van der Waals surface area contributed by atoms with Crippen LogP contribution in [0.4, 0.5) is 0 Å². The molecule has 0 N–H and O–H groups in total. The molecule has 2 rings (SSSR count). The van der Waals surface area contributed by atoms with E-state index in [0.717, 1.165) is 0 Å². The summed E-state index contributed by atoms with van der Waals surface area (Å²) in [5.74, 6) is 0. The maximum atomic E-state index is 2.27. The Balaban J connectivity index is 2.22. The Morgan fingerprint density at radius 1 is 0.556 bits per heavy atom. The molecule has 0 spiro atoms. The van der Waals surface area contributed by atoms with Gasteiger partial charge in [-0.05, 0) is 0 Å². The van der Waals surface area contributed by atoms with Crippen LogP contribution >= 0.6 is 0 Å². The van der Waals surface area contributed by atoms with Crippen molar-refractivity contribution in [3.05, 3.63) is 58.7 Å². The summed E-state index contributed by atoms with van der Waals surface area (Å²) in [6.45, 7) is 9.07. The van der Waals surface area contributed by atoms with Gasteiger partial charge in [0.25, 0.3) is 0 Å². The molecule has 18 heavy (non-hydrogen) atoms. The SMILES string of the molecule is Cc1cccc(C)c1[Te][Te]c1c(C)cccc1C. The third-order valence-corrected chi connectivity index (χ3v) is 15.9. The average Bonchev–Trinajstić information content (AvgIpc) is 2.31. The minimum absolute atomic E-state index is 0.00628. The average molecular weight is 466 g/mol. The Hall–Kier alpha value is 0.0192. The number of benzene rings is 2. The van der Waals surface area contributed by atoms with Gasteiger partial charge in [-0.15, -0.1) is 0 Å². The molecule has 0 aliphatic rings. The number of rotatable bonds is 3. The second kappa shape index (κ2) is 6.45. The van der Waals surface area contributed by atoms with Crippen LogP contribution in [0.5, 0.6) is 0 Å². The van der Waals surface area contributed by atoms with Gasteiger partial charge in [0, 0.05) is 0 Å². The van der Waals surface area contributed by atoms with Crippen LogP contribution in [-0.2, 0) is 0 Å². The van der Waals surface area contributed by atoms with Crippen molar-refractivity contribution in [2.24, 2.45) is 0 Å². The number of hydrogen-bond donors (Lipinski definition) is 0. The van der Waals surface area contributed by atoms with Gasteiger partial charge in [-0.1, -0.05) is 0 Å². The van der Waals surface area contributed by atoms with E-state index < -0.39 is 0 Å². The molecule has 0 amide bonds. The van der Waals surface area contributed by atoms with Crippen molar-refractivity contribution in [1.29, 1.82) is 0 Å². The molecule has 0 heterocycles. The van der Waals surface area contributed by atoms with E-state index >= 15 is 0 Å². The molecular formula is C16H18Te2. The fourth-order valence-electron chi connectivity index (χ4n) is 1.94. The molecule has 0 saturated heterocycles. The summed E-state index contributed by atoms with van der Waals surface area (Å²) >= 11 is 0.0126. The second-order valence-electron chi connectivity index (χ2n) is 4.61. The zero-order chi connectivity index (χ0) is 13.1. The molecule has 2 aromatic rings. The molecule has 94 valence electrons. The Bertz CT molecular complexity index is 467. The van der Waals surface area contributed by atoms with Crippen molar-refractivity contribution in [3.63, 3.8) is 0 Å². The first-order valence-electron chi connectivity index (χ1n) is 6.06. The number of hydrogen-bond acceptors (Lipinski definition) is 0. The van der Waals surface area contributed by atoms with Gasteiger partial charge < -0.3 is 0 Å². The third-order valence-electron chi connectivity index (χ3n) is 3.03. The van der Waals surface area contributed by atoms with Crippen LogP contribution in [0.1, 0.15) is 22.3 Å². The number of aryl methyl sites for hydroxylation is 4. The summed E-state index contributed by atoms with van der Waals surface area (Å²) in [5.41, 5.74) is 6.03. The van der Waals surface area contributed by atoms with Crippen LogP contribution in [0.2, 0.25) is 0 Å². The van der Waals surface area contributed by atoms with E-state index in [-0.39, 0.29) is 34.1 Å². The van der Waals surface area contributed by atoms with Gasteiger partial charge in [0.05, 0.1) is 0 Å². The van der Waals surface area contributed by atoms with Gasteiger partial charge in [0.2, 0.25) is 0 Å². The molecule has 0 radical (unpaired) electrons. The van der Waals surface area contributed by atoms with Gasteiger partial charge in [-0.25, -0.2) is 0 Å². The van der Waals surface area contributed by atoms with Crippen molar-refractivity contribution in [3.8, 4) is 0 Å². The third kappa shape index (κ3) is 3.31. The van der Waals surface area contributed by atoms with Crippen molar-refractivity contribution in [2.75, 3.05) is 0 Å². The summed E-state index contributed by atoms with van der Waals surface area (Å²) in [4.78, 5) is 0. The Morgan fingerprint density at radius 3 is 1.11 bits per heavy atom. The molecule has 0 saturated carbocycles. The standard InChI is InChI=1S/C16H18Te2/c1-11-7-5-8-12(2)15(11)17-18-16-13(3)9-6-10-14(16)4/h5-10H,1-4H3. The quantitative estimate of drug-likeness (QED) is 0.610. The van der Waals surface area contributed by atoms with Crippen LogP contribution in [0.3, 0.4) is 0 Å². The van der Waals surface area contributed by atoms with E-state index in [0.29, 0.717) is 0 Å². The van der Waals surface area contributed by atoms with Crippen LogP contribution in [-0.4, -0.2) is 34.1 Å². The predicted molar refractivity (Wildman–Crippen MR) is 82.6 cm³/mol. The van der Waals surface area contributed by atoms with Gasteiger partial charge in [0.15, 0.2) is 0 Å². The van der Waals surface area contributed by atoms with E-state index in [4.69, 9.17) is 0 Å². The van der Waals surface area contributed by atoms with Crippen LogP contribution in [0.25, 0.3) is 0 Å². The zero-order valence-corrected chi connectivity index (χ0v) is 15.9. The molecule has 0 unspecified atom stereocenters. The van der Waals surface area contributed by atoms with Crippen molar-refractivity contribution < 1.29 is 0 Å². The summed E-state index contributed by atoms with van der Waals surface area (Å²) in [7, 11) is 0. The van der Waals surface area contributed by atoms with Crippen LogP contribution < -0.4 is 7.22 Å². The molecule has 2 heteroatoms. The van der Waals surface area contributed by atoms with Crippen molar-refractivity contribution in [1.82, 2.24) is 0 Å². The molecular weight excluding hydrogens is 447 g/mol. The summed E-state index contributed by atoms with van der Waals surface area (Å²) in [6, 6.07) is 13.4. The molecule has 0 aliphatic carbocycles. The van der Waals surface area contributed by atoms with Gasteiger partial charge in [-0.3, -0.25) is 0 Å². The Labute approximate surface area is 127 Å². The molecule has 0 fully saturated rings. The Kier molecular flexibility index (Phi) is 5.17. The summed E-state index contributed by atoms with van der Waals surface area (Å²) in [6.07, 6.45) is 0. The second-order valence-corrected chi connectivity index (χ2v) is 14.3. The molecule has 2 aromatic carbocycles. The predicted octanol–water partition coefficient (Wildman–Crippen LogP) is 2.19. The first-order valence-corrected chi connectivity index (χ1v) is 15.7. The van der Waals surface area contributed by atoms with E-state index in [1.54, 1.807) is 7.22 Å². The van der Waals surface area contributed by atoms with E-state index in [9.17, 15) is 0 Å². The molecule has 0 bridgehead atoms. The minimum atomic E-state index is 0.00628. The topological polar surface area (TPSA) is 0 Å². The molecule has 0 aromatic heterocycles. The first-order chi connectivity index (χ1) is 8.59. The first kappa shape index (κ1) is 14.4. The monoisotopic (exact) mass is 470 g/mol. The van der Waals surface area contributed by atoms with E-state index in [1.807, 2.05) is 0 Å². The van der Waals surface area contributed by atoms with Crippen LogP contribution in [0, 0.1) is 27.7 Å².